The van der Waals surface area contributed by atoms with Crippen molar-refractivity contribution in [3.8, 4) is 0 Å². The summed E-state index contributed by atoms with van der Waals surface area (Å²) in [5.74, 6) is 0. The molecule has 2 N–H and O–H groups in total. The Hall–Kier alpha value is -2.68. The first-order valence-electron chi connectivity index (χ1n) is 10.3. The summed E-state index contributed by atoms with van der Waals surface area (Å²) in [5.41, 5.74) is 0.329. The van der Waals surface area contributed by atoms with Crippen LogP contribution in [0.1, 0.15) is 23.8 Å². The fourth-order valence-electron chi connectivity index (χ4n) is 3.83. The molecule has 1 aliphatic rings. The van der Waals surface area contributed by atoms with Crippen LogP contribution in [0.2, 0.25) is 0 Å². The van der Waals surface area contributed by atoms with Crippen LogP contribution >= 0.6 is 8.25 Å². The Morgan fingerprint density at radius 1 is 1.22 bits per heavy atom. The Labute approximate surface area is 184 Å². The quantitative estimate of drug-likeness (QED) is 0.497. The first kappa shape index (κ1) is 22.5. The van der Waals surface area contributed by atoms with Gasteiger partial charge in [0, 0.05) is 29.2 Å². The zero-order valence-corrected chi connectivity index (χ0v) is 18.4. The minimum Gasteiger partial charge on any atom is -0.394 e. The predicted octanol–water partition coefficient (Wildman–Crippen LogP) is 2.58. The molecule has 1 saturated heterocycles. The van der Waals surface area contributed by atoms with E-state index < -0.39 is 37.9 Å². The molecule has 1 aromatic heterocycles. The van der Waals surface area contributed by atoms with Crippen LogP contribution in [-0.4, -0.2) is 40.1 Å². The maximum Gasteiger partial charge on any atom is 0.697 e. The lowest BCUT2D eigenvalue weighted by molar-refractivity contribution is -0.0429. The Balaban J connectivity index is 1.36. The number of aryl methyl sites for hydroxylation is 1. The summed E-state index contributed by atoms with van der Waals surface area (Å²) in [6.07, 6.45) is -0.150. The molecule has 168 valence electrons. The molecular formula is C22H24N2O7P+. The van der Waals surface area contributed by atoms with Crippen molar-refractivity contribution in [1.29, 1.82) is 0 Å². The first-order chi connectivity index (χ1) is 15.5. The Bertz CT molecular complexity index is 1230. The van der Waals surface area contributed by atoms with Crippen molar-refractivity contribution < 1.29 is 23.5 Å². The van der Waals surface area contributed by atoms with Gasteiger partial charge in [-0.1, -0.05) is 42.5 Å². The number of nitrogens with one attached hydrogen (secondary N) is 1. The number of aliphatic hydroxyl groups is 1. The number of aromatic nitrogens is 2. The van der Waals surface area contributed by atoms with E-state index in [4.69, 9.17) is 13.8 Å². The maximum absolute atomic E-state index is 12.4. The topological polar surface area (TPSA) is 120 Å². The SMILES string of the molecule is Cc1cn([C@H]2C[C@H](O[P+](=O)OCCc3cccc4ccccc34)[C@@H](CO)O2)c(=O)[nH]c1=O. The van der Waals surface area contributed by atoms with Crippen LogP contribution in [0.15, 0.2) is 58.3 Å². The molecule has 1 fully saturated rings. The number of nitrogens with zero attached hydrogens (tertiary/aromatic N) is 1. The van der Waals surface area contributed by atoms with E-state index in [9.17, 15) is 19.3 Å². The van der Waals surface area contributed by atoms with Crippen LogP contribution in [0.5, 0.6) is 0 Å². The Morgan fingerprint density at radius 3 is 2.81 bits per heavy atom. The van der Waals surface area contributed by atoms with Crippen LogP contribution in [0.4, 0.5) is 0 Å². The highest BCUT2D eigenvalue weighted by Crippen LogP contribution is 2.37. The standard InChI is InChI=1S/C22H23N2O7P/c1-14-12-24(22(27)23-21(14)26)20-11-18(19(13-25)30-20)31-32(28)29-10-9-16-7-4-6-15-5-2-3-8-17(15)16/h2-8,12,18-20,25H,9-11,13H2,1H3/p+1/t18-,19+,20+/m0/s1. The molecule has 4 rings (SSSR count). The number of H-pyrrole nitrogens is 1. The zero-order valence-electron chi connectivity index (χ0n) is 17.5. The fraction of sp³-hybridized carbons (Fsp3) is 0.364. The molecule has 3 aromatic rings. The van der Waals surface area contributed by atoms with Gasteiger partial charge in [-0.15, -0.1) is 9.05 Å². The number of aliphatic hydroxyl groups excluding tert-OH is 1. The lowest BCUT2D eigenvalue weighted by atomic mass is 10.0. The summed E-state index contributed by atoms with van der Waals surface area (Å²) >= 11 is 0. The molecule has 0 bridgehead atoms. The molecule has 1 aliphatic heterocycles. The molecule has 0 aliphatic carbocycles. The van der Waals surface area contributed by atoms with E-state index in [1.807, 2.05) is 42.5 Å². The van der Waals surface area contributed by atoms with E-state index >= 15 is 0 Å². The van der Waals surface area contributed by atoms with E-state index in [-0.39, 0.29) is 19.6 Å². The second-order valence-electron chi connectivity index (χ2n) is 7.62. The third kappa shape index (κ3) is 4.87. The van der Waals surface area contributed by atoms with Crippen molar-refractivity contribution in [3.05, 3.63) is 80.6 Å². The van der Waals surface area contributed by atoms with Crippen LogP contribution in [0, 0.1) is 6.92 Å². The maximum atomic E-state index is 12.4. The molecule has 0 radical (unpaired) electrons. The number of ether oxygens (including phenoxy) is 1. The molecule has 9 nitrogen and oxygen atoms in total. The zero-order chi connectivity index (χ0) is 22.7. The fourth-order valence-corrected chi connectivity index (χ4v) is 4.57. The van der Waals surface area contributed by atoms with Crippen LogP contribution < -0.4 is 11.2 Å². The van der Waals surface area contributed by atoms with Gasteiger partial charge in [-0.25, -0.2) is 4.79 Å². The summed E-state index contributed by atoms with van der Waals surface area (Å²) in [5, 5.41) is 11.9. The van der Waals surface area contributed by atoms with Crippen molar-refractivity contribution in [3.63, 3.8) is 0 Å². The monoisotopic (exact) mass is 459 g/mol. The number of hydrogen-bond acceptors (Lipinski definition) is 7. The van der Waals surface area contributed by atoms with E-state index in [1.165, 1.54) is 10.8 Å². The summed E-state index contributed by atoms with van der Waals surface area (Å²) < 4.78 is 30.2. The predicted molar refractivity (Wildman–Crippen MR) is 118 cm³/mol. The van der Waals surface area contributed by atoms with Gasteiger partial charge in [0.25, 0.3) is 5.56 Å². The summed E-state index contributed by atoms with van der Waals surface area (Å²) in [4.78, 5) is 25.9. The third-order valence-corrected chi connectivity index (χ3v) is 6.32. The van der Waals surface area contributed by atoms with E-state index in [1.54, 1.807) is 6.92 Å². The first-order valence-corrected chi connectivity index (χ1v) is 11.4. The van der Waals surface area contributed by atoms with Crippen molar-refractivity contribution in [1.82, 2.24) is 9.55 Å². The molecule has 1 unspecified atom stereocenters. The highest BCUT2D eigenvalue weighted by Gasteiger charge is 2.43. The van der Waals surface area contributed by atoms with E-state index in [2.05, 4.69) is 4.98 Å². The number of benzene rings is 2. The van der Waals surface area contributed by atoms with Crippen molar-refractivity contribution >= 4 is 19.0 Å². The van der Waals surface area contributed by atoms with Gasteiger partial charge in [-0.2, -0.15) is 0 Å². The lowest BCUT2D eigenvalue weighted by Gasteiger charge is -2.14. The van der Waals surface area contributed by atoms with Gasteiger partial charge in [-0.3, -0.25) is 14.3 Å². The largest absolute Gasteiger partial charge is 0.697 e. The smallest absolute Gasteiger partial charge is 0.394 e. The second kappa shape index (κ2) is 9.85. The number of aromatic amines is 1. The molecule has 32 heavy (non-hydrogen) atoms. The molecule has 2 aromatic carbocycles. The number of rotatable bonds is 8. The average Bonchev–Trinajstić information content (AvgIpc) is 3.18. The molecule has 10 heteroatoms. The van der Waals surface area contributed by atoms with Gasteiger partial charge >= 0.3 is 13.9 Å². The van der Waals surface area contributed by atoms with E-state index in [0.717, 1.165) is 16.3 Å². The minimum absolute atomic E-state index is 0.171. The lowest BCUT2D eigenvalue weighted by Crippen LogP contribution is -2.33. The number of hydrogen-bond donors (Lipinski definition) is 2. The molecular weight excluding hydrogens is 435 g/mol. The summed E-state index contributed by atoms with van der Waals surface area (Å²) in [6.45, 7) is 1.39. The second-order valence-corrected chi connectivity index (χ2v) is 8.53. The Kier molecular flexibility index (Phi) is 6.93. The molecule has 0 spiro atoms. The Morgan fingerprint density at radius 2 is 2.00 bits per heavy atom. The van der Waals surface area contributed by atoms with Crippen LogP contribution in [0.25, 0.3) is 10.8 Å². The van der Waals surface area contributed by atoms with Gasteiger partial charge in [0.15, 0.2) is 0 Å². The summed E-state index contributed by atoms with van der Waals surface area (Å²) in [7, 11) is -2.46. The van der Waals surface area contributed by atoms with Crippen molar-refractivity contribution in [2.75, 3.05) is 13.2 Å². The van der Waals surface area contributed by atoms with Crippen molar-refractivity contribution in [2.24, 2.45) is 0 Å². The van der Waals surface area contributed by atoms with Gasteiger partial charge in [0.2, 0.25) is 0 Å². The van der Waals surface area contributed by atoms with Gasteiger partial charge in [0.1, 0.15) is 25.0 Å². The highest BCUT2D eigenvalue weighted by atomic mass is 31.1. The number of fused-ring (bicyclic) bond motifs is 1. The summed E-state index contributed by atoms with van der Waals surface area (Å²) in [6, 6.07) is 14.0. The van der Waals surface area contributed by atoms with Crippen LogP contribution in [-0.2, 0) is 24.8 Å². The molecule has 0 amide bonds. The normalized spacial score (nSPS) is 21.2. The van der Waals surface area contributed by atoms with Crippen molar-refractivity contribution in [2.45, 2.75) is 38.2 Å². The highest BCUT2D eigenvalue weighted by molar-refractivity contribution is 7.33. The van der Waals surface area contributed by atoms with Gasteiger partial charge < -0.3 is 9.84 Å². The third-order valence-electron chi connectivity index (χ3n) is 5.49. The van der Waals surface area contributed by atoms with E-state index in [0.29, 0.717) is 12.0 Å². The molecule has 4 atom stereocenters. The molecule has 0 saturated carbocycles. The van der Waals surface area contributed by atoms with Gasteiger partial charge in [0.05, 0.1) is 6.61 Å². The molecule has 2 heterocycles. The average molecular weight is 459 g/mol. The minimum atomic E-state index is -2.46. The van der Waals surface area contributed by atoms with Crippen LogP contribution in [0.3, 0.4) is 0 Å². The van der Waals surface area contributed by atoms with Gasteiger partial charge in [-0.05, 0) is 23.3 Å².